The number of likely N-dealkylation sites (N-methyl/N-ethyl adjacent to an activating group) is 1. The molecule has 2 aromatic carbocycles. The second-order valence-corrected chi connectivity index (χ2v) is 7.26. The summed E-state index contributed by atoms with van der Waals surface area (Å²) in [6.45, 7) is 6.03. The van der Waals surface area contributed by atoms with Gasteiger partial charge < -0.3 is 9.84 Å². The van der Waals surface area contributed by atoms with Crippen molar-refractivity contribution >= 4 is 12.1 Å². The van der Waals surface area contributed by atoms with Gasteiger partial charge in [-0.3, -0.25) is 4.90 Å². The Balaban J connectivity index is 1.79. The number of carbonyl (C=O) groups is 2. The predicted octanol–water partition coefficient (Wildman–Crippen LogP) is 4.76. The average molecular weight is 381 g/mol. The Morgan fingerprint density at radius 1 is 1.04 bits per heavy atom. The molecule has 0 spiro atoms. The lowest BCUT2D eigenvalue weighted by molar-refractivity contribution is -0.144. The number of fused-ring (bicyclic) bond motifs is 3. The maximum Gasteiger partial charge on any atom is 0.410 e. The molecule has 1 amide bonds. The number of carboxylic acid groups (broad SMARTS) is 1. The quantitative estimate of drug-likeness (QED) is 0.751. The van der Waals surface area contributed by atoms with E-state index in [0.717, 1.165) is 22.3 Å². The van der Waals surface area contributed by atoms with Crippen LogP contribution in [0.3, 0.4) is 0 Å². The molecule has 2 atom stereocenters. The van der Waals surface area contributed by atoms with E-state index in [1.807, 2.05) is 38.1 Å². The highest BCUT2D eigenvalue weighted by atomic mass is 16.6. The number of aliphatic carboxylic acids is 1. The Morgan fingerprint density at radius 3 is 2.04 bits per heavy atom. The van der Waals surface area contributed by atoms with Gasteiger partial charge in [-0.1, -0.05) is 68.8 Å². The molecular weight excluding hydrogens is 354 g/mol. The van der Waals surface area contributed by atoms with Gasteiger partial charge in [-0.2, -0.15) is 0 Å². The summed E-state index contributed by atoms with van der Waals surface area (Å²) in [4.78, 5) is 25.8. The predicted molar refractivity (Wildman–Crippen MR) is 108 cm³/mol. The van der Waals surface area contributed by atoms with Crippen molar-refractivity contribution in [3.63, 3.8) is 0 Å². The third kappa shape index (κ3) is 3.61. The van der Waals surface area contributed by atoms with Gasteiger partial charge in [-0.05, 0) is 35.1 Å². The van der Waals surface area contributed by atoms with E-state index in [9.17, 15) is 14.7 Å². The standard InChI is InChI=1S/C23H27NO4/c1-4-15(3)21(22(25)26)24(5-2)23(27)28-14-20-18-12-8-6-10-16(18)17-11-7-9-13-19(17)20/h6-13,15,20-21H,4-5,14H2,1-3H3,(H,25,26)/t15-,21-/m0/s1. The van der Waals surface area contributed by atoms with Crippen LogP contribution in [0.5, 0.6) is 0 Å². The Hall–Kier alpha value is -2.82. The largest absolute Gasteiger partial charge is 0.480 e. The first kappa shape index (κ1) is 19.9. The van der Waals surface area contributed by atoms with Crippen LogP contribution in [0.15, 0.2) is 48.5 Å². The molecule has 0 fully saturated rings. The number of amides is 1. The van der Waals surface area contributed by atoms with E-state index in [4.69, 9.17) is 4.74 Å². The lowest BCUT2D eigenvalue weighted by Crippen LogP contribution is -2.48. The number of rotatable bonds is 7. The first-order valence-corrected chi connectivity index (χ1v) is 9.83. The summed E-state index contributed by atoms with van der Waals surface area (Å²) < 4.78 is 5.64. The molecule has 1 aliphatic rings. The van der Waals surface area contributed by atoms with Crippen LogP contribution in [0.2, 0.25) is 0 Å². The minimum atomic E-state index is -0.996. The van der Waals surface area contributed by atoms with Crippen molar-refractivity contribution in [3.05, 3.63) is 59.7 Å². The van der Waals surface area contributed by atoms with Crippen LogP contribution in [-0.2, 0) is 9.53 Å². The lowest BCUT2D eigenvalue weighted by atomic mass is 9.97. The van der Waals surface area contributed by atoms with Gasteiger partial charge in [0.15, 0.2) is 0 Å². The maximum absolute atomic E-state index is 12.8. The fraction of sp³-hybridized carbons (Fsp3) is 0.391. The highest BCUT2D eigenvalue weighted by molar-refractivity contribution is 5.81. The van der Waals surface area contributed by atoms with E-state index in [1.54, 1.807) is 6.92 Å². The zero-order valence-electron chi connectivity index (χ0n) is 16.6. The molecule has 0 heterocycles. The summed E-state index contributed by atoms with van der Waals surface area (Å²) in [6.07, 6.45) is 0.0986. The van der Waals surface area contributed by atoms with E-state index in [2.05, 4.69) is 24.3 Å². The highest BCUT2D eigenvalue weighted by Crippen LogP contribution is 2.44. The molecule has 0 saturated carbocycles. The topological polar surface area (TPSA) is 66.8 Å². The van der Waals surface area contributed by atoms with Crippen LogP contribution in [0.4, 0.5) is 4.79 Å². The molecule has 3 rings (SSSR count). The Morgan fingerprint density at radius 2 is 1.57 bits per heavy atom. The molecule has 5 nitrogen and oxygen atoms in total. The number of carbonyl (C=O) groups excluding carboxylic acids is 1. The lowest BCUT2D eigenvalue weighted by Gasteiger charge is -2.31. The number of carboxylic acids is 1. The van der Waals surface area contributed by atoms with Crippen molar-refractivity contribution in [2.24, 2.45) is 5.92 Å². The van der Waals surface area contributed by atoms with Crippen molar-refractivity contribution in [2.75, 3.05) is 13.2 Å². The van der Waals surface area contributed by atoms with Crippen molar-refractivity contribution < 1.29 is 19.4 Å². The molecule has 5 heteroatoms. The minimum Gasteiger partial charge on any atom is -0.480 e. The van der Waals surface area contributed by atoms with Gasteiger partial charge in [0, 0.05) is 12.5 Å². The number of hydrogen-bond acceptors (Lipinski definition) is 3. The SMILES string of the molecule is CC[C@H](C)[C@@H](C(=O)O)N(CC)C(=O)OCC1c2ccccc2-c2ccccc21. The average Bonchev–Trinajstić information content (AvgIpc) is 3.03. The van der Waals surface area contributed by atoms with E-state index < -0.39 is 18.1 Å². The Kier molecular flexibility index (Phi) is 6.02. The smallest absolute Gasteiger partial charge is 0.410 e. The van der Waals surface area contributed by atoms with Crippen molar-refractivity contribution in [1.82, 2.24) is 4.90 Å². The Bertz CT molecular complexity index is 818. The summed E-state index contributed by atoms with van der Waals surface area (Å²) >= 11 is 0. The molecule has 28 heavy (non-hydrogen) atoms. The second kappa shape index (κ2) is 8.46. The van der Waals surface area contributed by atoms with Crippen LogP contribution >= 0.6 is 0 Å². The van der Waals surface area contributed by atoms with E-state index in [0.29, 0.717) is 6.42 Å². The summed E-state index contributed by atoms with van der Waals surface area (Å²) in [7, 11) is 0. The van der Waals surface area contributed by atoms with E-state index in [1.165, 1.54) is 4.90 Å². The molecule has 0 aliphatic heterocycles. The van der Waals surface area contributed by atoms with Gasteiger partial charge in [-0.25, -0.2) is 9.59 Å². The van der Waals surface area contributed by atoms with Gasteiger partial charge in [0.05, 0.1) is 0 Å². The second-order valence-electron chi connectivity index (χ2n) is 7.26. The van der Waals surface area contributed by atoms with Gasteiger partial charge in [-0.15, -0.1) is 0 Å². The summed E-state index contributed by atoms with van der Waals surface area (Å²) in [5, 5.41) is 9.62. The number of ether oxygens (including phenoxy) is 1. The van der Waals surface area contributed by atoms with Crippen LogP contribution in [0.1, 0.15) is 44.2 Å². The molecular formula is C23H27NO4. The van der Waals surface area contributed by atoms with E-state index >= 15 is 0 Å². The fourth-order valence-electron chi connectivity index (χ4n) is 4.02. The Labute approximate surface area is 165 Å². The molecule has 0 unspecified atom stereocenters. The molecule has 2 aromatic rings. The molecule has 0 bridgehead atoms. The van der Waals surface area contributed by atoms with Gasteiger partial charge >= 0.3 is 12.1 Å². The molecule has 0 saturated heterocycles. The van der Waals surface area contributed by atoms with Crippen LogP contribution in [0, 0.1) is 5.92 Å². The molecule has 0 radical (unpaired) electrons. The third-order valence-corrected chi connectivity index (χ3v) is 5.68. The molecule has 1 N–H and O–H groups in total. The summed E-state index contributed by atoms with van der Waals surface area (Å²) in [5.74, 6) is -1.19. The number of nitrogens with zero attached hydrogens (tertiary/aromatic N) is 1. The zero-order chi connectivity index (χ0) is 20.3. The number of benzene rings is 2. The molecule has 1 aliphatic carbocycles. The summed E-state index contributed by atoms with van der Waals surface area (Å²) in [5.41, 5.74) is 4.59. The minimum absolute atomic E-state index is 0.0399. The van der Waals surface area contributed by atoms with Gasteiger partial charge in [0.1, 0.15) is 12.6 Å². The molecule has 148 valence electrons. The third-order valence-electron chi connectivity index (χ3n) is 5.68. The first-order chi connectivity index (χ1) is 13.5. The normalized spacial score (nSPS) is 14.7. The van der Waals surface area contributed by atoms with Gasteiger partial charge in [0.25, 0.3) is 0 Å². The monoisotopic (exact) mass is 381 g/mol. The zero-order valence-corrected chi connectivity index (χ0v) is 16.6. The van der Waals surface area contributed by atoms with Crippen LogP contribution in [0.25, 0.3) is 11.1 Å². The summed E-state index contributed by atoms with van der Waals surface area (Å²) in [6, 6.07) is 15.4. The van der Waals surface area contributed by atoms with Gasteiger partial charge in [0.2, 0.25) is 0 Å². The van der Waals surface area contributed by atoms with Crippen LogP contribution < -0.4 is 0 Å². The van der Waals surface area contributed by atoms with Crippen LogP contribution in [-0.4, -0.2) is 41.3 Å². The maximum atomic E-state index is 12.8. The molecule has 0 aromatic heterocycles. The fourth-order valence-corrected chi connectivity index (χ4v) is 4.02. The number of hydrogen-bond donors (Lipinski definition) is 1. The first-order valence-electron chi connectivity index (χ1n) is 9.83. The van der Waals surface area contributed by atoms with Crippen molar-refractivity contribution in [2.45, 2.75) is 39.2 Å². The van der Waals surface area contributed by atoms with Crippen molar-refractivity contribution in [1.29, 1.82) is 0 Å². The van der Waals surface area contributed by atoms with E-state index in [-0.39, 0.29) is 25.0 Å². The highest BCUT2D eigenvalue weighted by Gasteiger charge is 2.35. The van der Waals surface area contributed by atoms with Crippen molar-refractivity contribution in [3.8, 4) is 11.1 Å².